The van der Waals surface area contributed by atoms with Gasteiger partial charge in [0.2, 0.25) is 0 Å². The zero-order chi connectivity index (χ0) is 20.8. The summed E-state index contributed by atoms with van der Waals surface area (Å²) in [7, 11) is 3.35. The smallest absolute Gasteiger partial charge is 0.119 e. The summed E-state index contributed by atoms with van der Waals surface area (Å²) in [4.78, 5) is 11.7. The molecule has 0 N–H and O–H groups in total. The van der Waals surface area contributed by atoms with Crippen LogP contribution in [-0.4, -0.2) is 55.3 Å². The predicted molar refractivity (Wildman–Crippen MR) is 116 cm³/mol. The number of nitrogens with zero attached hydrogens (tertiary/aromatic N) is 3. The van der Waals surface area contributed by atoms with Crippen LogP contribution in [0.2, 0.25) is 0 Å². The van der Waals surface area contributed by atoms with Gasteiger partial charge in [0.1, 0.15) is 17.6 Å². The highest BCUT2D eigenvalue weighted by Crippen LogP contribution is 2.25. The van der Waals surface area contributed by atoms with Crippen LogP contribution in [0.5, 0.6) is 11.5 Å². The summed E-state index contributed by atoms with van der Waals surface area (Å²) in [5, 5.41) is 0. The summed E-state index contributed by atoms with van der Waals surface area (Å²) >= 11 is 0. The van der Waals surface area contributed by atoms with E-state index < -0.39 is 0 Å². The Labute approximate surface area is 177 Å². The van der Waals surface area contributed by atoms with Crippen LogP contribution in [0.1, 0.15) is 17.4 Å². The number of rotatable bonds is 7. The normalized spacial score (nSPS) is 16.9. The fraction of sp³-hybridized carbons (Fsp3) is 0.333. The van der Waals surface area contributed by atoms with Crippen LogP contribution < -0.4 is 9.47 Å². The van der Waals surface area contributed by atoms with E-state index in [1.807, 2.05) is 36.4 Å². The van der Waals surface area contributed by atoms with Gasteiger partial charge in [-0.3, -0.25) is 9.88 Å². The first-order valence-electron chi connectivity index (χ1n) is 10.2. The first kappa shape index (κ1) is 20.3. The Morgan fingerprint density at radius 3 is 2.67 bits per heavy atom. The van der Waals surface area contributed by atoms with E-state index >= 15 is 0 Å². The molecule has 1 aromatic heterocycles. The average molecular weight is 405 g/mol. The second kappa shape index (κ2) is 9.69. The average Bonchev–Trinajstić information content (AvgIpc) is 2.83. The first-order chi connectivity index (χ1) is 14.7. The van der Waals surface area contributed by atoms with Crippen molar-refractivity contribution in [2.75, 3.05) is 40.5 Å². The molecule has 0 bridgehead atoms. The van der Waals surface area contributed by atoms with Gasteiger partial charge in [-0.25, -0.2) is 4.98 Å². The highest BCUT2D eigenvalue weighted by Gasteiger charge is 2.23. The van der Waals surface area contributed by atoms with Crippen molar-refractivity contribution in [1.82, 2.24) is 14.9 Å². The maximum atomic E-state index is 6.03. The molecule has 156 valence electrons. The third-order valence-electron chi connectivity index (χ3n) is 5.37. The SMILES string of the molecule is COc1ccc(CCN2CCO[C@@H](c3cncc(-c4cccc(OC)c4)n3)C2)cc1. The maximum absolute atomic E-state index is 6.03. The zero-order valence-corrected chi connectivity index (χ0v) is 17.5. The van der Waals surface area contributed by atoms with Gasteiger partial charge in [-0.1, -0.05) is 24.3 Å². The number of hydrogen-bond acceptors (Lipinski definition) is 6. The number of methoxy groups -OCH3 is 2. The molecule has 1 atom stereocenters. The predicted octanol–water partition coefficient (Wildman–Crippen LogP) is 3.78. The molecule has 1 aliphatic heterocycles. The van der Waals surface area contributed by atoms with Crippen molar-refractivity contribution in [1.29, 1.82) is 0 Å². The minimum Gasteiger partial charge on any atom is -0.497 e. The number of hydrogen-bond donors (Lipinski definition) is 0. The number of benzene rings is 2. The summed E-state index contributed by atoms with van der Waals surface area (Å²) < 4.78 is 16.6. The maximum Gasteiger partial charge on any atom is 0.119 e. The van der Waals surface area contributed by atoms with Gasteiger partial charge in [0.25, 0.3) is 0 Å². The largest absolute Gasteiger partial charge is 0.497 e. The third kappa shape index (κ3) is 4.96. The van der Waals surface area contributed by atoms with E-state index in [0.29, 0.717) is 6.61 Å². The molecule has 6 nitrogen and oxygen atoms in total. The van der Waals surface area contributed by atoms with Gasteiger partial charge < -0.3 is 14.2 Å². The molecule has 0 spiro atoms. The lowest BCUT2D eigenvalue weighted by Gasteiger charge is -2.32. The van der Waals surface area contributed by atoms with Gasteiger partial charge in [0.05, 0.1) is 44.6 Å². The number of ether oxygens (including phenoxy) is 3. The Morgan fingerprint density at radius 2 is 1.87 bits per heavy atom. The van der Waals surface area contributed by atoms with E-state index in [0.717, 1.165) is 54.5 Å². The summed E-state index contributed by atoms with van der Waals surface area (Å²) in [6.07, 6.45) is 4.50. The van der Waals surface area contributed by atoms with E-state index in [4.69, 9.17) is 19.2 Å². The Hall–Kier alpha value is -2.96. The molecule has 1 aliphatic rings. The molecule has 0 unspecified atom stereocenters. The van der Waals surface area contributed by atoms with Crippen LogP contribution in [-0.2, 0) is 11.2 Å². The van der Waals surface area contributed by atoms with E-state index in [9.17, 15) is 0 Å². The van der Waals surface area contributed by atoms with Crippen LogP contribution in [0.15, 0.2) is 60.9 Å². The van der Waals surface area contributed by atoms with Crippen LogP contribution in [0.3, 0.4) is 0 Å². The first-order valence-corrected chi connectivity index (χ1v) is 10.2. The lowest BCUT2D eigenvalue weighted by Crippen LogP contribution is -2.39. The van der Waals surface area contributed by atoms with E-state index in [2.05, 4.69) is 22.0 Å². The quantitative estimate of drug-likeness (QED) is 0.596. The van der Waals surface area contributed by atoms with Gasteiger partial charge in [0, 0.05) is 25.2 Å². The Kier molecular flexibility index (Phi) is 6.57. The van der Waals surface area contributed by atoms with Crippen molar-refractivity contribution in [2.24, 2.45) is 0 Å². The van der Waals surface area contributed by atoms with E-state index in [1.54, 1.807) is 26.6 Å². The molecule has 6 heteroatoms. The molecule has 0 radical (unpaired) electrons. The standard InChI is InChI=1S/C24H27N3O3/c1-28-20-8-6-18(7-9-20)10-11-27-12-13-30-24(17-27)23-16-25-15-22(26-23)19-4-3-5-21(14-19)29-2/h3-9,14-16,24H,10-13,17H2,1-2H3/t24-/m1/s1. The topological polar surface area (TPSA) is 56.7 Å². The molecule has 2 aromatic carbocycles. The van der Waals surface area contributed by atoms with E-state index in [1.165, 1.54) is 5.56 Å². The molecule has 3 aromatic rings. The second-order valence-electron chi connectivity index (χ2n) is 7.32. The third-order valence-corrected chi connectivity index (χ3v) is 5.37. The Bertz CT molecular complexity index is 962. The van der Waals surface area contributed by atoms with Crippen molar-refractivity contribution >= 4 is 0 Å². The van der Waals surface area contributed by atoms with Crippen LogP contribution in [0.25, 0.3) is 11.3 Å². The van der Waals surface area contributed by atoms with Gasteiger partial charge in [-0.05, 0) is 36.2 Å². The van der Waals surface area contributed by atoms with Crippen molar-refractivity contribution in [3.05, 3.63) is 72.2 Å². The minimum absolute atomic E-state index is 0.0762. The highest BCUT2D eigenvalue weighted by atomic mass is 16.5. The van der Waals surface area contributed by atoms with Crippen LogP contribution >= 0.6 is 0 Å². The summed E-state index contributed by atoms with van der Waals surface area (Å²) in [6, 6.07) is 16.1. The van der Waals surface area contributed by atoms with Gasteiger partial charge in [-0.2, -0.15) is 0 Å². The zero-order valence-electron chi connectivity index (χ0n) is 17.5. The number of aromatic nitrogens is 2. The molecule has 1 saturated heterocycles. The van der Waals surface area contributed by atoms with Gasteiger partial charge in [-0.15, -0.1) is 0 Å². The molecule has 0 saturated carbocycles. The molecule has 4 rings (SSSR count). The number of morpholine rings is 1. The van der Waals surface area contributed by atoms with Crippen LogP contribution in [0, 0.1) is 0 Å². The van der Waals surface area contributed by atoms with Crippen LogP contribution in [0.4, 0.5) is 0 Å². The lowest BCUT2D eigenvalue weighted by molar-refractivity contribution is -0.0317. The second-order valence-corrected chi connectivity index (χ2v) is 7.32. The molecular weight excluding hydrogens is 378 g/mol. The van der Waals surface area contributed by atoms with Gasteiger partial charge >= 0.3 is 0 Å². The Morgan fingerprint density at radius 1 is 1.03 bits per heavy atom. The van der Waals surface area contributed by atoms with Crippen molar-refractivity contribution < 1.29 is 14.2 Å². The summed E-state index contributed by atoms with van der Waals surface area (Å²) in [5.74, 6) is 1.69. The fourth-order valence-corrected chi connectivity index (χ4v) is 3.62. The molecule has 0 amide bonds. The molecule has 1 fully saturated rings. The fourth-order valence-electron chi connectivity index (χ4n) is 3.62. The summed E-state index contributed by atoms with van der Waals surface area (Å²) in [5.41, 5.74) is 3.98. The van der Waals surface area contributed by atoms with Crippen molar-refractivity contribution in [2.45, 2.75) is 12.5 Å². The molecular formula is C24H27N3O3. The lowest BCUT2D eigenvalue weighted by atomic mass is 10.1. The Balaban J connectivity index is 1.41. The monoisotopic (exact) mass is 405 g/mol. The van der Waals surface area contributed by atoms with Gasteiger partial charge in [0.15, 0.2) is 0 Å². The van der Waals surface area contributed by atoms with Crippen molar-refractivity contribution in [3.8, 4) is 22.8 Å². The van der Waals surface area contributed by atoms with Crippen molar-refractivity contribution in [3.63, 3.8) is 0 Å². The molecule has 0 aliphatic carbocycles. The molecule has 30 heavy (non-hydrogen) atoms. The van der Waals surface area contributed by atoms with E-state index in [-0.39, 0.29) is 6.10 Å². The minimum atomic E-state index is -0.0762. The molecule has 2 heterocycles. The summed E-state index contributed by atoms with van der Waals surface area (Å²) in [6.45, 7) is 3.41. The highest BCUT2D eigenvalue weighted by molar-refractivity contribution is 5.60.